The molecule has 0 amide bonds. The molecule has 0 unspecified atom stereocenters. The van der Waals surface area contributed by atoms with Gasteiger partial charge in [0.15, 0.2) is 11.4 Å². The van der Waals surface area contributed by atoms with Gasteiger partial charge in [0.1, 0.15) is 0 Å². The smallest absolute Gasteiger partial charge is 0.172 e. The fraction of sp³-hybridized carbons (Fsp3) is 0.500. The summed E-state index contributed by atoms with van der Waals surface area (Å²) in [5.41, 5.74) is 4.18. The Morgan fingerprint density at radius 2 is 2.33 bits per heavy atom. The van der Waals surface area contributed by atoms with Gasteiger partial charge in [-0.15, -0.1) is 0 Å². The van der Waals surface area contributed by atoms with E-state index in [-0.39, 0.29) is 6.04 Å². The van der Waals surface area contributed by atoms with Gasteiger partial charge >= 0.3 is 0 Å². The molecule has 0 radical (unpaired) electrons. The van der Waals surface area contributed by atoms with Crippen molar-refractivity contribution >= 4 is 15.9 Å². The average Bonchev–Trinajstić information content (AvgIpc) is 2.32. The number of nitrogens with two attached hydrogens (primary N) is 1. The number of rotatable bonds is 1. The largest absolute Gasteiger partial charge is 0.465 e. The molecular formula is C8H9BrFNO. The van der Waals surface area contributed by atoms with Crippen molar-refractivity contribution in [3.8, 4) is 0 Å². The molecule has 12 heavy (non-hydrogen) atoms. The van der Waals surface area contributed by atoms with Crippen LogP contribution < -0.4 is 5.73 Å². The van der Waals surface area contributed by atoms with Gasteiger partial charge in [-0.1, -0.05) is 0 Å². The lowest BCUT2D eigenvalue weighted by molar-refractivity contribution is 0.0172. The minimum absolute atomic E-state index is 0.0213. The third-order valence-electron chi connectivity index (χ3n) is 2.20. The van der Waals surface area contributed by atoms with E-state index in [1.165, 1.54) is 6.26 Å². The van der Waals surface area contributed by atoms with Crippen molar-refractivity contribution in [1.29, 1.82) is 0 Å². The highest BCUT2D eigenvalue weighted by Gasteiger charge is 2.48. The lowest BCUT2D eigenvalue weighted by Gasteiger charge is -2.37. The van der Waals surface area contributed by atoms with E-state index in [0.29, 0.717) is 23.1 Å². The van der Waals surface area contributed by atoms with E-state index in [4.69, 9.17) is 10.2 Å². The van der Waals surface area contributed by atoms with E-state index in [0.717, 1.165) is 0 Å². The summed E-state index contributed by atoms with van der Waals surface area (Å²) in [5, 5.41) is 0. The summed E-state index contributed by atoms with van der Waals surface area (Å²) < 4.78 is 19.5. The molecule has 1 aliphatic rings. The van der Waals surface area contributed by atoms with Crippen LogP contribution in [0.3, 0.4) is 0 Å². The molecule has 2 nitrogen and oxygen atoms in total. The maximum absolute atomic E-state index is 13.8. The molecule has 0 aliphatic heterocycles. The number of furan rings is 1. The van der Waals surface area contributed by atoms with Gasteiger partial charge in [0, 0.05) is 18.9 Å². The van der Waals surface area contributed by atoms with Gasteiger partial charge in [-0.05, 0) is 22.0 Å². The highest BCUT2D eigenvalue weighted by atomic mass is 79.9. The number of hydrogen-bond donors (Lipinski definition) is 1. The number of hydrogen-bond acceptors (Lipinski definition) is 2. The van der Waals surface area contributed by atoms with Crippen LogP contribution in [0.15, 0.2) is 21.2 Å². The maximum atomic E-state index is 13.8. The van der Waals surface area contributed by atoms with Crippen LogP contribution in [0.5, 0.6) is 0 Å². The van der Waals surface area contributed by atoms with Gasteiger partial charge in [-0.3, -0.25) is 0 Å². The molecule has 0 bridgehead atoms. The lowest BCUT2D eigenvalue weighted by Crippen LogP contribution is -2.46. The van der Waals surface area contributed by atoms with Crippen LogP contribution in [-0.4, -0.2) is 6.04 Å². The molecule has 1 saturated carbocycles. The highest BCUT2D eigenvalue weighted by Crippen LogP contribution is 2.47. The predicted octanol–water partition coefficient (Wildman–Crippen LogP) is 2.33. The first kappa shape index (κ1) is 8.26. The molecule has 0 saturated heterocycles. The average molecular weight is 234 g/mol. The van der Waals surface area contributed by atoms with Crippen LogP contribution in [0, 0.1) is 0 Å². The van der Waals surface area contributed by atoms with E-state index >= 15 is 0 Å². The second kappa shape index (κ2) is 2.57. The zero-order chi connectivity index (χ0) is 8.77. The van der Waals surface area contributed by atoms with Crippen molar-refractivity contribution in [1.82, 2.24) is 0 Å². The van der Waals surface area contributed by atoms with Crippen LogP contribution in [-0.2, 0) is 5.67 Å². The van der Waals surface area contributed by atoms with Crippen molar-refractivity contribution in [2.75, 3.05) is 0 Å². The SMILES string of the molecule is NC1CC(F)(c2occc2Br)C1. The highest BCUT2D eigenvalue weighted by molar-refractivity contribution is 9.10. The van der Waals surface area contributed by atoms with Crippen molar-refractivity contribution in [3.63, 3.8) is 0 Å². The molecule has 2 rings (SSSR count). The molecule has 0 aromatic carbocycles. The monoisotopic (exact) mass is 233 g/mol. The standard InChI is InChI=1S/C8H9BrFNO/c9-6-1-2-12-7(6)8(10)3-5(11)4-8/h1-2,5H,3-4,11H2. The summed E-state index contributed by atoms with van der Waals surface area (Å²) in [7, 11) is 0. The van der Waals surface area contributed by atoms with E-state index in [2.05, 4.69) is 15.9 Å². The van der Waals surface area contributed by atoms with Crippen LogP contribution >= 0.6 is 15.9 Å². The molecule has 4 heteroatoms. The Kier molecular flexibility index (Phi) is 1.77. The quantitative estimate of drug-likeness (QED) is 0.809. The first-order valence-electron chi connectivity index (χ1n) is 3.80. The molecular weight excluding hydrogens is 225 g/mol. The predicted molar refractivity (Wildman–Crippen MR) is 46.4 cm³/mol. The van der Waals surface area contributed by atoms with Crippen LogP contribution in [0.1, 0.15) is 18.6 Å². The summed E-state index contributed by atoms with van der Waals surface area (Å²) in [5.74, 6) is 0.379. The summed E-state index contributed by atoms with van der Waals surface area (Å²) in [6, 6.07) is 1.67. The van der Waals surface area contributed by atoms with Crippen molar-refractivity contribution in [2.24, 2.45) is 5.73 Å². The normalized spacial score (nSPS) is 34.8. The van der Waals surface area contributed by atoms with E-state index in [1.807, 2.05) is 0 Å². The van der Waals surface area contributed by atoms with Gasteiger partial charge in [-0.2, -0.15) is 0 Å². The fourth-order valence-corrected chi connectivity index (χ4v) is 2.13. The molecule has 2 N–H and O–H groups in total. The van der Waals surface area contributed by atoms with E-state index in [1.54, 1.807) is 6.07 Å². The van der Waals surface area contributed by atoms with Crippen LogP contribution in [0.2, 0.25) is 0 Å². The third kappa shape index (κ3) is 1.10. The summed E-state index contributed by atoms with van der Waals surface area (Å²) in [4.78, 5) is 0. The molecule has 1 fully saturated rings. The number of halogens is 2. The molecule has 0 atom stereocenters. The van der Waals surface area contributed by atoms with Crippen molar-refractivity contribution in [2.45, 2.75) is 24.6 Å². The topological polar surface area (TPSA) is 39.2 Å². The van der Waals surface area contributed by atoms with Gasteiger partial charge < -0.3 is 10.2 Å². The van der Waals surface area contributed by atoms with E-state index < -0.39 is 5.67 Å². The van der Waals surface area contributed by atoms with Crippen molar-refractivity contribution < 1.29 is 8.81 Å². The van der Waals surface area contributed by atoms with E-state index in [9.17, 15) is 4.39 Å². The Labute approximate surface area is 78.1 Å². The molecule has 1 aromatic rings. The Bertz CT molecular complexity index is 293. The molecule has 1 aliphatic carbocycles. The zero-order valence-electron chi connectivity index (χ0n) is 6.39. The second-order valence-electron chi connectivity index (χ2n) is 3.23. The second-order valence-corrected chi connectivity index (χ2v) is 4.09. The zero-order valence-corrected chi connectivity index (χ0v) is 7.97. The van der Waals surface area contributed by atoms with Gasteiger partial charge in [0.05, 0.1) is 10.7 Å². The Morgan fingerprint density at radius 3 is 2.75 bits per heavy atom. The minimum Gasteiger partial charge on any atom is -0.465 e. The Morgan fingerprint density at radius 1 is 1.67 bits per heavy atom. The first-order valence-corrected chi connectivity index (χ1v) is 4.59. The van der Waals surface area contributed by atoms with Crippen LogP contribution in [0.4, 0.5) is 4.39 Å². The summed E-state index contributed by atoms with van der Waals surface area (Å²) in [6.45, 7) is 0. The number of alkyl halides is 1. The molecule has 66 valence electrons. The maximum Gasteiger partial charge on any atom is 0.172 e. The lowest BCUT2D eigenvalue weighted by atomic mass is 9.76. The van der Waals surface area contributed by atoms with Gasteiger partial charge in [0.25, 0.3) is 0 Å². The first-order chi connectivity index (χ1) is 5.62. The van der Waals surface area contributed by atoms with Crippen LogP contribution in [0.25, 0.3) is 0 Å². The fourth-order valence-electron chi connectivity index (χ4n) is 1.57. The van der Waals surface area contributed by atoms with Gasteiger partial charge in [0.2, 0.25) is 0 Å². The summed E-state index contributed by atoms with van der Waals surface area (Å²) >= 11 is 3.22. The third-order valence-corrected chi connectivity index (χ3v) is 2.82. The molecule has 1 aromatic heterocycles. The minimum atomic E-state index is -1.33. The Balaban J connectivity index is 2.26. The summed E-state index contributed by atoms with van der Waals surface area (Å²) in [6.07, 6.45) is 2.20. The van der Waals surface area contributed by atoms with Crippen molar-refractivity contribution in [3.05, 3.63) is 22.6 Å². The Hall–Kier alpha value is -0.350. The molecule has 0 spiro atoms. The molecule has 1 heterocycles. The van der Waals surface area contributed by atoms with Gasteiger partial charge in [-0.25, -0.2) is 4.39 Å².